The van der Waals surface area contributed by atoms with E-state index >= 15 is 0 Å². The number of rotatable bonds is 5. The first-order chi connectivity index (χ1) is 13.3. The Morgan fingerprint density at radius 3 is 2.43 bits per heavy atom. The minimum atomic E-state index is -0.766. The average Bonchev–Trinajstić information content (AvgIpc) is 2.90. The number of benzene rings is 2. The van der Waals surface area contributed by atoms with Crippen LogP contribution in [0.15, 0.2) is 42.5 Å². The van der Waals surface area contributed by atoms with Crippen molar-refractivity contribution in [2.45, 2.75) is 19.9 Å². The number of hydrogen-bond donors (Lipinski definition) is 1. The lowest BCUT2D eigenvalue weighted by Crippen LogP contribution is -2.34. The number of imide groups is 1. The molecule has 3 amide bonds. The smallest absolute Gasteiger partial charge is 0.338 e. The number of para-hydroxylation sites is 1. The maximum absolute atomic E-state index is 12.8. The molecule has 2 aromatic rings. The van der Waals surface area contributed by atoms with Crippen molar-refractivity contribution in [3.63, 3.8) is 0 Å². The Morgan fingerprint density at radius 1 is 1.07 bits per heavy atom. The molecule has 2 aromatic carbocycles. The summed E-state index contributed by atoms with van der Waals surface area (Å²) in [5.41, 5.74) is 0.577. The average molecular weight is 401 g/mol. The summed E-state index contributed by atoms with van der Waals surface area (Å²) in [6.45, 7) is 3.13. The molecular formula is C20H17ClN2O5. The summed E-state index contributed by atoms with van der Waals surface area (Å²) in [5.74, 6) is -2.30. The van der Waals surface area contributed by atoms with E-state index in [2.05, 4.69) is 5.32 Å². The van der Waals surface area contributed by atoms with Crippen LogP contribution in [-0.4, -0.2) is 36.3 Å². The Bertz CT molecular complexity index is 986. The summed E-state index contributed by atoms with van der Waals surface area (Å²) in [5, 5.41) is 2.86. The van der Waals surface area contributed by atoms with Gasteiger partial charge in [-0.1, -0.05) is 23.7 Å². The highest BCUT2D eigenvalue weighted by atomic mass is 35.5. The molecular weight excluding hydrogens is 384 g/mol. The summed E-state index contributed by atoms with van der Waals surface area (Å²) in [7, 11) is 0. The summed E-state index contributed by atoms with van der Waals surface area (Å²) in [4.78, 5) is 50.2. The summed E-state index contributed by atoms with van der Waals surface area (Å²) in [6.07, 6.45) is 0. The second kappa shape index (κ2) is 7.82. The van der Waals surface area contributed by atoms with Gasteiger partial charge in [-0.3, -0.25) is 14.4 Å². The predicted molar refractivity (Wildman–Crippen MR) is 103 cm³/mol. The number of nitrogens with zero attached hydrogens (tertiary/aromatic N) is 1. The van der Waals surface area contributed by atoms with Crippen LogP contribution in [0.3, 0.4) is 0 Å². The Kier molecular flexibility index (Phi) is 5.46. The van der Waals surface area contributed by atoms with Gasteiger partial charge < -0.3 is 10.1 Å². The van der Waals surface area contributed by atoms with Gasteiger partial charge in [0.1, 0.15) is 0 Å². The molecule has 1 aliphatic heterocycles. The summed E-state index contributed by atoms with van der Waals surface area (Å²) < 4.78 is 4.96. The monoisotopic (exact) mass is 400 g/mol. The van der Waals surface area contributed by atoms with Gasteiger partial charge in [0, 0.05) is 6.04 Å². The highest BCUT2D eigenvalue weighted by molar-refractivity contribution is 6.39. The number of carbonyl (C=O) groups excluding carboxylic acids is 4. The number of hydrogen-bond acceptors (Lipinski definition) is 5. The topological polar surface area (TPSA) is 92.8 Å². The van der Waals surface area contributed by atoms with Gasteiger partial charge >= 0.3 is 5.97 Å². The van der Waals surface area contributed by atoms with Gasteiger partial charge in [0.05, 0.1) is 27.4 Å². The number of anilines is 1. The summed E-state index contributed by atoms with van der Waals surface area (Å²) >= 11 is 6.11. The third-order valence-corrected chi connectivity index (χ3v) is 4.32. The van der Waals surface area contributed by atoms with Crippen LogP contribution in [-0.2, 0) is 9.53 Å². The summed E-state index contributed by atoms with van der Waals surface area (Å²) in [6, 6.07) is 10.5. The van der Waals surface area contributed by atoms with Gasteiger partial charge in [-0.15, -0.1) is 0 Å². The Labute approximate surface area is 166 Å². The minimum absolute atomic E-state index is 0.0678. The van der Waals surface area contributed by atoms with Gasteiger partial charge in [0.25, 0.3) is 17.7 Å². The zero-order valence-corrected chi connectivity index (χ0v) is 15.9. The third-order valence-electron chi connectivity index (χ3n) is 4.00. The van der Waals surface area contributed by atoms with Crippen molar-refractivity contribution >= 4 is 41.0 Å². The molecule has 3 rings (SSSR count). The van der Waals surface area contributed by atoms with Crippen molar-refractivity contribution in [1.29, 1.82) is 0 Å². The number of amides is 3. The number of nitrogens with one attached hydrogen (secondary N) is 1. The molecule has 0 unspecified atom stereocenters. The first-order valence-electron chi connectivity index (χ1n) is 8.53. The zero-order chi connectivity index (χ0) is 20.4. The number of halogens is 1. The van der Waals surface area contributed by atoms with E-state index in [4.69, 9.17) is 16.3 Å². The molecule has 0 aromatic heterocycles. The van der Waals surface area contributed by atoms with E-state index in [0.717, 1.165) is 4.90 Å². The molecule has 1 N–H and O–H groups in total. The molecule has 0 fully saturated rings. The number of carbonyl (C=O) groups is 4. The van der Waals surface area contributed by atoms with Crippen LogP contribution in [0.4, 0.5) is 5.69 Å². The molecule has 28 heavy (non-hydrogen) atoms. The van der Waals surface area contributed by atoms with Crippen molar-refractivity contribution in [2.24, 2.45) is 0 Å². The van der Waals surface area contributed by atoms with Crippen molar-refractivity contribution in [3.8, 4) is 0 Å². The van der Waals surface area contributed by atoms with Crippen LogP contribution in [0.2, 0.25) is 5.02 Å². The van der Waals surface area contributed by atoms with Gasteiger partial charge in [-0.25, -0.2) is 9.69 Å². The third kappa shape index (κ3) is 3.75. The molecule has 0 atom stereocenters. The van der Waals surface area contributed by atoms with E-state index in [1.54, 1.807) is 38.1 Å². The molecule has 0 saturated carbocycles. The van der Waals surface area contributed by atoms with Gasteiger partial charge in [0.2, 0.25) is 0 Å². The first-order valence-corrected chi connectivity index (χ1v) is 8.91. The maximum Gasteiger partial charge on any atom is 0.338 e. The molecule has 0 bridgehead atoms. The lowest BCUT2D eigenvalue weighted by Gasteiger charge is -2.15. The highest BCUT2D eigenvalue weighted by Gasteiger charge is 2.38. The largest absolute Gasteiger partial charge is 0.452 e. The normalized spacial score (nSPS) is 12.9. The van der Waals surface area contributed by atoms with Gasteiger partial charge in [-0.2, -0.15) is 0 Å². The lowest BCUT2D eigenvalue weighted by molar-refractivity contribution is -0.124. The van der Waals surface area contributed by atoms with E-state index in [9.17, 15) is 19.2 Å². The van der Waals surface area contributed by atoms with E-state index in [1.807, 2.05) is 0 Å². The van der Waals surface area contributed by atoms with Gasteiger partial charge in [-0.05, 0) is 44.2 Å². The molecule has 0 spiro atoms. The van der Waals surface area contributed by atoms with Crippen LogP contribution >= 0.6 is 11.6 Å². The molecule has 1 aliphatic rings. The van der Waals surface area contributed by atoms with Crippen LogP contribution < -0.4 is 10.2 Å². The Hall–Kier alpha value is -3.19. The molecule has 1 heterocycles. The number of ether oxygens (including phenoxy) is 1. The van der Waals surface area contributed by atoms with E-state index in [-0.39, 0.29) is 33.4 Å². The number of fused-ring (bicyclic) bond motifs is 1. The lowest BCUT2D eigenvalue weighted by atomic mass is 10.1. The van der Waals surface area contributed by atoms with Crippen molar-refractivity contribution < 1.29 is 23.9 Å². The molecule has 7 nitrogen and oxygen atoms in total. The predicted octanol–water partition coefficient (Wildman–Crippen LogP) is 2.82. The molecule has 8 heteroatoms. The Balaban J connectivity index is 1.81. The van der Waals surface area contributed by atoms with E-state index in [0.29, 0.717) is 0 Å². The fraction of sp³-hybridized carbons (Fsp3) is 0.200. The van der Waals surface area contributed by atoms with Crippen molar-refractivity contribution in [2.75, 3.05) is 11.5 Å². The second-order valence-corrected chi connectivity index (χ2v) is 6.86. The van der Waals surface area contributed by atoms with E-state index < -0.39 is 30.3 Å². The molecule has 0 aliphatic carbocycles. The Morgan fingerprint density at radius 2 is 1.75 bits per heavy atom. The van der Waals surface area contributed by atoms with Crippen LogP contribution in [0.5, 0.6) is 0 Å². The van der Waals surface area contributed by atoms with E-state index in [1.165, 1.54) is 18.2 Å². The van der Waals surface area contributed by atoms with Crippen molar-refractivity contribution in [3.05, 3.63) is 64.2 Å². The maximum atomic E-state index is 12.8. The highest BCUT2D eigenvalue weighted by Crippen LogP contribution is 2.33. The standard InChI is InChI=1S/C20H17ClN2O5/c1-11(2)22-17(24)10-28-20(27)12-7-8-13-14(9-12)19(26)23(18(13)25)16-6-4-3-5-15(16)21/h3-9,11H,10H2,1-2H3,(H,22,24). The molecule has 0 saturated heterocycles. The number of esters is 1. The van der Waals surface area contributed by atoms with Crippen LogP contribution in [0.1, 0.15) is 44.9 Å². The quantitative estimate of drug-likeness (QED) is 0.615. The fourth-order valence-corrected chi connectivity index (χ4v) is 3.02. The SMILES string of the molecule is CC(C)NC(=O)COC(=O)c1ccc2c(c1)C(=O)N(c1ccccc1Cl)C2=O. The molecule has 0 radical (unpaired) electrons. The van der Waals surface area contributed by atoms with Crippen molar-refractivity contribution in [1.82, 2.24) is 5.32 Å². The second-order valence-electron chi connectivity index (χ2n) is 6.46. The first kappa shape index (κ1) is 19.6. The van der Waals surface area contributed by atoms with Crippen LogP contribution in [0.25, 0.3) is 0 Å². The fourth-order valence-electron chi connectivity index (χ4n) is 2.80. The molecule has 144 valence electrons. The minimum Gasteiger partial charge on any atom is -0.452 e. The van der Waals surface area contributed by atoms with Crippen LogP contribution in [0, 0.1) is 0 Å². The zero-order valence-electron chi connectivity index (χ0n) is 15.2. The van der Waals surface area contributed by atoms with Gasteiger partial charge in [0.15, 0.2) is 6.61 Å².